The number of halogens is 1. The van der Waals surface area contributed by atoms with Gasteiger partial charge in [0, 0.05) is 12.5 Å². The van der Waals surface area contributed by atoms with Crippen LogP contribution < -0.4 is 14.2 Å². The van der Waals surface area contributed by atoms with E-state index in [4.69, 9.17) is 23.7 Å². The molecule has 1 heterocycles. The topological polar surface area (TPSA) is 127 Å². The summed E-state index contributed by atoms with van der Waals surface area (Å²) in [6, 6.07) is 8.39. The van der Waals surface area contributed by atoms with Crippen molar-refractivity contribution in [2.24, 2.45) is 11.8 Å². The van der Waals surface area contributed by atoms with Gasteiger partial charge >= 0.3 is 0 Å². The lowest BCUT2D eigenvalue weighted by atomic mass is 9.67. The zero-order valence-electron chi connectivity index (χ0n) is 20.5. The van der Waals surface area contributed by atoms with Gasteiger partial charge in [0.05, 0.1) is 34.5 Å². The van der Waals surface area contributed by atoms with E-state index in [2.05, 4.69) is 0 Å². The number of methoxy groups -OCH3 is 3. The molecule has 198 valence electrons. The molecule has 10 heteroatoms. The first-order chi connectivity index (χ1) is 17.3. The second-order valence-electron chi connectivity index (χ2n) is 9.17. The van der Waals surface area contributed by atoms with Crippen LogP contribution in [0.15, 0.2) is 30.3 Å². The van der Waals surface area contributed by atoms with E-state index in [1.807, 2.05) is 12.1 Å². The number of aliphatic hydroxyl groups is 4. The predicted molar refractivity (Wildman–Crippen MR) is 126 cm³/mol. The molecule has 0 spiro atoms. The van der Waals surface area contributed by atoms with Gasteiger partial charge < -0.3 is 44.1 Å². The normalized spacial score (nSPS) is 29.9. The first kappa shape index (κ1) is 26.6. The molecular weight excluding hydrogens is 475 g/mol. The van der Waals surface area contributed by atoms with Crippen LogP contribution in [0.1, 0.15) is 22.6 Å². The maximum Gasteiger partial charge on any atom is 0.186 e. The first-order valence-corrected chi connectivity index (χ1v) is 11.8. The van der Waals surface area contributed by atoms with Gasteiger partial charge in [-0.25, -0.2) is 4.39 Å². The van der Waals surface area contributed by atoms with E-state index in [1.165, 1.54) is 13.2 Å². The summed E-state index contributed by atoms with van der Waals surface area (Å²) in [6.45, 7) is -0.282. The fraction of sp³-hybridized carbons (Fsp3) is 0.538. The highest BCUT2D eigenvalue weighted by molar-refractivity contribution is 5.53. The largest absolute Gasteiger partial charge is 0.494 e. The quantitative estimate of drug-likeness (QED) is 0.416. The molecule has 1 saturated heterocycles. The molecule has 1 aliphatic heterocycles. The molecule has 0 bridgehead atoms. The van der Waals surface area contributed by atoms with Crippen LogP contribution in [0.5, 0.6) is 17.2 Å². The van der Waals surface area contributed by atoms with Crippen molar-refractivity contribution in [1.29, 1.82) is 0 Å². The van der Waals surface area contributed by atoms with Crippen LogP contribution in [0.3, 0.4) is 0 Å². The highest BCUT2D eigenvalue weighted by Gasteiger charge is 2.42. The van der Waals surface area contributed by atoms with Crippen LogP contribution in [0, 0.1) is 17.7 Å². The summed E-state index contributed by atoms with van der Waals surface area (Å²) < 4.78 is 41.8. The van der Waals surface area contributed by atoms with E-state index in [1.54, 1.807) is 26.4 Å². The number of benzene rings is 2. The van der Waals surface area contributed by atoms with Crippen molar-refractivity contribution in [1.82, 2.24) is 0 Å². The zero-order valence-corrected chi connectivity index (χ0v) is 20.5. The number of rotatable bonds is 8. The van der Waals surface area contributed by atoms with Gasteiger partial charge in [-0.1, -0.05) is 6.07 Å². The van der Waals surface area contributed by atoms with Gasteiger partial charge in [-0.3, -0.25) is 0 Å². The molecule has 36 heavy (non-hydrogen) atoms. The maximum atomic E-state index is 14.3. The Labute approximate surface area is 208 Å². The summed E-state index contributed by atoms with van der Waals surface area (Å²) in [5.41, 5.74) is 2.60. The minimum Gasteiger partial charge on any atom is -0.494 e. The Hall–Kier alpha value is -2.47. The van der Waals surface area contributed by atoms with Crippen LogP contribution >= 0.6 is 0 Å². The van der Waals surface area contributed by atoms with E-state index in [0.717, 1.165) is 16.7 Å². The molecule has 0 amide bonds. The van der Waals surface area contributed by atoms with Crippen LogP contribution in [-0.4, -0.2) is 86.2 Å². The molecule has 1 fully saturated rings. The maximum absolute atomic E-state index is 14.3. The standard InChI is InChI=1S/C26H33FO9/c1-32-20-7-13(4-5-18(20)27)23-16-9-22(34-3)21(33-2)8-14(16)6-15(10-28)17(23)11-35-26-25(31)24(30)19(29)12-36-26/h4-5,7-9,15,17,19,23-26,28-31H,6,10-12H2,1-3H3/t15-,17-,19-,23-,24+,25-,26-/m1/s1. The fourth-order valence-corrected chi connectivity index (χ4v) is 5.20. The second-order valence-corrected chi connectivity index (χ2v) is 9.17. The number of ether oxygens (including phenoxy) is 5. The van der Waals surface area contributed by atoms with Crippen LogP contribution in [-0.2, 0) is 15.9 Å². The monoisotopic (exact) mass is 508 g/mol. The lowest BCUT2D eigenvalue weighted by Crippen LogP contribution is -2.54. The lowest BCUT2D eigenvalue weighted by molar-refractivity contribution is -0.274. The first-order valence-electron chi connectivity index (χ1n) is 11.8. The lowest BCUT2D eigenvalue weighted by Gasteiger charge is -2.41. The Balaban J connectivity index is 1.75. The van der Waals surface area contributed by atoms with Gasteiger partial charge in [-0.15, -0.1) is 0 Å². The van der Waals surface area contributed by atoms with Crippen molar-refractivity contribution in [2.75, 3.05) is 41.2 Å². The summed E-state index contributed by atoms with van der Waals surface area (Å²) in [5, 5.41) is 40.4. The molecule has 1 aliphatic carbocycles. The third kappa shape index (κ3) is 5.02. The molecule has 0 unspecified atom stereocenters. The highest BCUT2D eigenvalue weighted by Crippen LogP contribution is 2.48. The van der Waals surface area contributed by atoms with E-state index in [-0.39, 0.29) is 43.3 Å². The minimum absolute atomic E-state index is 0.0495. The summed E-state index contributed by atoms with van der Waals surface area (Å²) in [7, 11) is 4.49. The van der Waals surface area contributed by atoms with Crippen molar-refractivity contribution in [3.05, 3.63) is 52.8 Å². The van der Waals surface area contributed by atoms with Crippen molar-refractivity contribution < 1.29 is 48.5 Å². The molecule has 9 nitrogen and oxygen atoms in total. The Bertz CT molecular complexity index is 1050. The Morgan fingerprint density at radius 2 is 1.64 bits per heavy atom. The minimum atomic E-state index is -1.44. The van der Waals surface area contributed by atoms with Gasteiger partial charge in [-0.2, -0.15) is 0 Å². The molecular formula is C26H33FO9. The molecule has 7 atom stereocenters. The number of fused-ring (bicyclic) bond motifs is 1. The smallest absolute Gasteiger partial charge is 0.186 e. The number of aliphatic hydroxyl groups excluding tert-OH is 4. The molecule has 2 aliphatic rings. The van der Waals surface area contributed by atoms with Crippen LogP contribution in [0.25, 0.3) is 0 Å². The third-order valence-corrected chi connectivity index (χ3v) is 7.17. The molecule has 4 rings (SSSR count). The molecule has 4 N–H and O–H groups in total. The average molecular weight is 509 g/mol. The average Bonchev–Trinajstić information content (AvgIpc) is 2.90. The summed E-state index contributed by atoms with van der Waals surface area (Å²) >= 11 is 0. The van der Waals surface area contributed by atoms with Crippen LogP contribution in [0.4, 0.5) is 4.39 Å². The fourth-order valence-electron chi connectivity index (χ4n) is 5.20. The summed E-state index contributed by atoms with van der Waals surface area (Å²) in [4.78, 5) is 0. The van der Waals surface area contributed by atoms with E-state index in [9.17, 15) is 24.8 Å². The van der Waals surface area contributed by atoms with E-state index < -0.39 is 30.4 Å². The van der Waals surface area contributed by atoms with Crippen molar-refractivity contribution in [2.45, 2.75) is 36.9 Å². The van der Waals surface area contributed by atoms with Gasteiger partial charge in [-0.05, 0) is 59.2 Å². The predicted octanol–water partition coefficient (Wildman–Crippen LogP) is 1.22. The molecule has 2 aromatic rings. The zero-order chi connectivity index (χ0) is 26.0. The Morgan fingerprint density at radius 1 is 0.944 bits per heavy atom. The van der Waals surface area contributed by atoms with Crippen molar-refractivity contribution in [3.8, 4) is 17.2 Å². The van der Waals surface area contributed by atoms with E-state index >= 15 is 0 Å². The van der Waals surface area contributed by atoms with Gasteiger partial charge in [0.2, 0.25) is 0 Å². The van der Waals surface area contributed by atoms with Gasteiger partial charge in [0.25, 0.3) is 0 Å². The molecule has 0 aromatic heterocycles. The molecule has 2 aromatic carbocycles. The van der Waals surface area contributed by atoms with Crippen LogP contribution in [0.2, 0.25) is 0 Å². The third-order valence-electron chi connectivity index (χ3n) is 7.17. The molecule has 0 saturated carbocycles. The SMILES string of the molecule is COc1cc([C@@H]2c3cc(OC)c(OC)cc3C[C@H](CO)[C@H]2CO[C@@H]2OC[C@@H](O)[C@H](O)[C@H]2O)ccc1F. The number of hydrogen-bond acceptors (Lipinski definition) is 9. The van der Waals surface area contributed by atoms with Crippen molar-refractivity contribution >= 4 is 0 Å². The second kappa shape index (κ2) is 11.3. The highest BCUT2D eigenvalue weighted by atomic mass is 19.1. The van der Waals surface area contributed by atoms with Crippen molar-refractivity contribution in [3.63, 3.8) is 0 Å². The molecule has 0 radical (unpaired) electrons. The van der Waals surface area contributed by atoms with Gasteiger partial charge in [0.1, 0.15) is 18.3 Å². The van der Waals surface area contributed by atoms with Gasteiger partial charge in [0.15, 0.2) is 29.4 Å². The Morgan fingerprint density at radius 3 is 2.31 bits per heavy atom. The number of hydrogen-bond donors (Lipinski definition) is 4. The summed E-state index contributed by atoms with van der Waals surface area (Å²) in [5.74, 6) is -0.268. The Kier molecular flexibility index (Phi) is 8.34. The summed E-state index contributed by atoms with van der Waals surface area (Å²) in [6.07, 6.45) is -4.69. The van der Waals surface area contributed by atoms with E-state index in [0.29, 0.717) is 17.9 Å².